The van der Waals surface area contributed by atoms with E-state index in [2.05, 4.69) is 61.8 Å². The van der Waals surface area contributed by atoms with E-state index >= 15 is 0 Å². The first-order chi connectivity index (χ1) is 9.58. The topological polar surface area (TPSA) is 15.3 Å². The number of anilines is 1. The summed E-state index contributed by atoms with van der Waals surface area (Å²) in [5.41, 5.74) is 4.13. The number of benzene rings is 1. The van der Waals surface area contributed by atoms with Crippen LogP contribution in [0.5, 0.6) is 0 Å². The number of hydrogen-bond donors (Lipinski definition) is 1. The van der Waals surface area contributed by atoms with Crippen molar-refractivity contribution in [1.29, 1.82) is 0 Å². The fraction of sp³-hybridized carbons (Fsp3) is 0.556. The summed E-state index contributed by atoms with van der Waals surface area (Å²) in [5, 5.41) is 3.84. The second kappa shape index (κ2) is 6.45. The molecule has 0 radical (unpaired) electrons. The van der Waals surface area contributed by atoms with E-state index in [0.717, 1.165) is 13.0 Å². The van der Waals surface area contributed by atoms with Gasteiger partial charge in [-0.05, 0) is 51.3 Å². The maximum absolute atomic E-state index is 3.96. The van der Waals surface area contributed by atoms with Crippen molar-refractivity contribution in [2.45, 2.75) is 45.6 Å². The van der Waals surface area contributed by atoms with Gasteiger partial charge < -0.3 is 10.2 Å². The Hall–Kier alpha value is -1.28. The lowest BCUT2D eigenvalue weighted by atomic mass is 9.83. The predicted octanol–water partition coefficient (Wildman–Crippen LogP) is 4.15. The molecule has 1 fully saturated rings. The molecule has 0 saturated carbocycles. The summed E-state index contributed by atoms with van der Waals surface area (Å²) in [6, 6.07) is 6.67. The van der Waals surface area contributed by atoms with Gasteiger partial charge in [0, 0.05) is 24.3 Å². The van der Waals surface area contributed by atoms with Gasteiger partial charge in [0.25, 0.3) is 0 Å². The highest BCUT2D eigenvalue weighted by Crippen LogP contribution is 2.32. The molecule has 20 heavy (non-hydrogen) atoms. The van der Waals surface area contributed by atoms with Crippen LogP contribution in [-0.4, -0.2) is 30.1 Å². The van der Waals surface area contributed by atoms with Gasteiger partial charge in [0.05, 0.1) is 0 Å². The number of likely N-dealkylation sites (tertiary alicyclic amines) is 1. The van der Waals surface area contributed by atoms with Crippen LogP contribution in [0.3, 0.4) is 0 Å². The van der Waals surface area contributed by atoms with Gasteiger partial charge in [0.2, 0.25) is 0 Å². The molecular weight excluding hydrogens is 244 g/mol. The van der Waals surface area contributed by atoms with Gasteiger partial charge in [-0.15, -0.1) is 6.58 Å². The van der Waals surface area contributed by atoms with Crippen molar-refractivity contribution in [3.05, 3.63) is 42.0 Å². The number of aryl methyl sites for hydroxylation is 2. The number of hydrogen-bond acceptors (Lipinski definition) is 2. The molecule has 0 aromatic heterocycles. The molecule has 1 heterocycles. The van der Waals surface area contributed by atoms with E-state index in [1.807, 2.05) is 0 Å². The maximum Gasteiger partial charge on any atom is 0.0432 e. The second-order valence-electron chi connectivity index (χ2n) is 6.15. The lowest BCUT2D eigenvalue weighted by Crippen LogP contribution is -2.49. The van der Waals surface area contributed by atoms with Crippen LogP contribution in [0.2, 0.25) is 0 Å². The van der Waals surface area contributed by atoms with Crippen molar-refractivity contribution in [1.82, 2.24) is 4.90 Å². The Morgan fingerprint density at radius 2 is 2.00 bits per heavy atom. The summed E-state index contributed by atoms with van der Waals surface area (Å²) in [7, 11) is 0. The van der Waals surface area contributed by atoms with E-state index in [1.54, 1.807) is 0 Å². The summed E-state index contributed by atoms with van der Waals surface area (Å²) >= 11 is 0. The summed E-state index contributed by atoms with van der Waals surface area (Å²) in [6.07, 6.45) is 5.50. The minimum Gasteiger partial charge on any atom is -0.379 e. The molecule has 1 aromatic carbocycles. The summed E-state index contributed by atoms with van der Waals surface area (Å²) < 4.78 is 0. The van der Waals surface area contributed by atoms with Crippen molar-refractivity contribution in [2.24, 2.45) is 0 Å². The van der Waals surface area contributed by atoms with Crippen LogP contribution in [0, 0.1) is 13.8 Å². The molecule has 0 spiro atoms. The molecule has 0 atom stereocenters. The highest BCUT2D eigenvalue weighted by Gasteiger charge is 2.33. The number of piperidine rings is 1. The van der Waals surface area contributed by atoms with E-state index in [4.69, 9.17) is 0 Å². The van der Waals surface area contributed by atoms with Gasteiger partial charge in [0.1, 0.15) is 0 Å². The Morgan fingerprint density at radius 3 is 2.55 bits per heavy atom. The molecule has 1 N–H and O–H groups in total. The quantitative estimate of drug-likeness (QED) is 0.810. The molecule has 1 aliphatic heterocycles. The van der Waals surface area contributed by atoms with Gasteiger partial charge in [0.15, 0.2) is 0 Å². The summed E-state index contributed by atoms with van der Waals surface area (Å²) in [4.78, 5) is 2.53. The summed E-state index contributed by atoms with van der Waals surface area (Å²) in [6.45, 7) is 14.1. The van der Waals surface area contributed by atoms with Crippen LogP contribution in [0.25, 0.3) is 0 Å². The molecule has 1 aromatic rings. The normalized spacial score (nSPS) is 18.8. The first kappa shape index (κ1) is 15.1. The third kappa shape index (κ3) is 3.43. The third-order valence-corrected chi connectivity index (χ3v) is 4.58. The van der Waals surface area contributed by atoms with Gasteiger partial charge >= 0.3 is 0 Å². The molecule has 0 bridgehead atoms. The standard InChI is InChI=1S/C18H28N2/c1-5-9-18(10-12-20(6-2)13-11-18)19-17-8-7-15(3)14-16(17)4/h5,7-8,14,19H,1,6,9-13H2,2-4H3. The van der Waals surface area contributed by atoms with E-state index in [-0.39, 0.29) is 5.54 Å². The van der Waals surface area contributed by atoms with Gasteiger partial charge in [-0.2, -0.15) is 0 Å². The Kier molecular flexibility index (Phi) is 4.87. The van der Waals surface area contributed by atoms with E-state index in [9.17, 15) is 0 Å². The lowest BCUT2D eigenvalue weighted by molar-refractivity contribution is 0.181. The maximum atomic E-state index is 3.96. The Labute approximate surface area is 123 Å². The van der Waals surface area contributed by atoms with Gasteiger partial charge in [-0.3, -0.25) is 0 Å². The molecule has 2 rings (SSSR count). The monoisotopic (exact) mass is 272 g/mol. The fourth-order valence-electron chi connectivity index (χ4n) is 3.19. The van der Waals surface area contributed by atoms with E-state index < -0.39 is 0 Å². The molecular formula is C18H28N2. The minimum atomic E-state index is 0.188. The minimum absolute atomic E-state index is 0.188. The molecule has 1 saturated heterocycles. The Bertz CT molecular complexity index is 456. The van der Waals surface area contributed by atoms with Gasteiger partial charge in [-0.25, -0.2) is 0 Å². The summed E-state index contributed by atoms with van der Waals surface area (Å²) in [5.74, 6) is 0. The van der Waals surface area contributed by atoms with E-state index in [0.29, 0.717) is 0 Å². The molecule has 2 nitrogen and oxygen atoms in total. The van der Waals surface area contributed by atoms with Crippen LogP contribution >= 0.6 is 0 Å². The zero-order chi connectivity index (χ0) is 14.6. The average molecular weight is 272 g/mol. The fourth-order valence-corrected chi connectivity index (χ4v) is 3.19. The van der Waals surface area contributed by atoms with Crippen LogP contribution in [0.1, 0.15) is 37.3 Å². The van der Waals surface area contributed by atoms with Crippen LogP contribution in [0.15, 0.2) is 30.9 Å². The number of nitrogens with zero attached hydrogens (tertiary/aromatic N) is 1. The number of rotatable bonds is 5. The van der Waals surface area contributed by atoms with Crippen LogP contribution in [-0.2, 0) is 0 Å². The second-order valence-corrected chi connectivity index (χ2v) is 6.15. The SMILES string of the molecule is C=CCC1(Nc2ccc(C)cc2C)CCN(CC)CC1. The highest BCUT2D eigenvalue weighted by atomic mass is 15.1. The molecule has 110 valence electrons. The third-order valence-electron chi connectivity index (χ3n) is 4.58. The molecule has 0 unspecified atom stereocenters. The predicted molar refractivity (Wildman–Crippen MR) is 88.4 cm³/mol. The average Bonchev–Trinajstić information content (AvgIpc) is 2.43. The lowest BCUT2D eigenvalue weighted by Gasteiger charge is -2.43. The van der Waals surface area contributed by atoms with Crippen molar-refractivity contribution >= 4 is 5.69 Å². The molecule has 1 aliphatic rings. The van der Waals surface area contributed by atoms with Gasteiger partial charge in [-0.1, -0.05) is 30.7 Å². The van der Waals surface area contributed by atoms with E-state index in [1.165, 1.54) is 42.7 Å². The van der Waals surface area contributed by atoms with Crippen molar-refractivity contribution in [3.63, 3.8) is 0 Å². The Morgan fingerprint density at radius 1 is 1.30 bits per heavy atom. The van der Waals surface area contributed by atoms with Crippen molar-refractivity contribution in [3.8, 4) is 0 Å². The largest absolute Gasteiger partial charge is 0.379 e. The first-order valence-corrected chi connectivity index (χ1v) is 7.77. The first-order valence-electron chi connectivity index (χ1n) is 7.77. The molecule has 0 aliphatic carbocycles. The van der Waals surface area contributed by atoms with Crippen molar-refractivity contribution < 1.29 is 0 Å². The highest BCUT2D eigenvalue weighted by molar-refractivity contribution is 5.54. The zero-order valence-electron chi connectivity index (χ0n) is 13.2. The molecule has 2 heteroatoms. The Balaban J connectivity index is 2.15. The van der Waals surface area contributed by atoms with Crippen LogP contribution < -0.4 is 5.32 Å². The number of nitrogens with one attached hydrogen (secondary N) is 1. The smallest absolute Gasteiger partial charge is 0.0432 e. The molecule has 0 amide bonds. The van der Waals surface area contributed by atoms with Crippen molar-refractivity contribution in [2.75, 3.05) is 25.0 Å². The van der Waals surface area contributed by atoms with Crippen LogP contribution in [0.4, 0.5) is 5.69 Å². The zero-order valence-corrected chi connectivity index (χ0v) is 13.2.